The number of ether oxygens (including phenoxy) is 2. The molecule has 1 saturated heterocycles. The number of hydrogen-bond acceptors (Lipinski definition) is 4. The Labute approximate surface area is 214 Å². The van der Waals surface area contributed by atoms with E-state index >= 15 is 0 Å². The number of aromatic nitrogens is 2. The quantitative estimate of drug-likeness (QED) is 0.245. The van der Waals surface area contributed by atoms with Gasteiger partial charge < -0.3 is 14.4 Å². The Hall–Kier alpha value is -3.57. The summed E-state index contributed by atoms with van der Waals surface area (Å²) in [5, 5.41) is 4.98. The van der Waals surface area contributed by atoms with Crippen LogP contribution in [0.1, 0.15) is 32.6 Å². The molecular weight excluding hydrogens is 446 g/mol. The second-order valence-electron chi connectivity index (χ2n) is 9.50. The van der Waals surface area contributed by atoms with Crippen LogP contribution in [0, 0.1) is 0 Å². The molecule has 0 radical (unpaired) electrons. The maximum absolute atomic E-state index is 6.19. The average Bonchev–Trinajstić information content (AvgIpc) is 3.38. The van der Waals surface area contributed by atoms with Gasteiger partial charge in [0.1, 0.15) is 11.5 Å². The molecule has 0 spiro atoms. The van der Waals surface area contributed by atoms with Gasteiger partial charge in [-0.15, -0.1) is 0 Å². The van der Waals surface area contributed by atoms with Crippen molar-refractivity contribution in [1.82, 2.24) is 14.7 Å². The highest BCUT2D eigenvalue weighted by atomic mass is 16.5. The average molecular weight is 482 g/mol. The zero-order valence-electron chi connectivity index (χ0n) is 21.3. The third kappa shape index (κ3) is 5.63. The van der Waals surface area contributed by atoms with Crippen molar-refractivity contribution in [3.63, 3.8) is 0 Å². The van der Waals surface area contributed by atoms with Gasteiger partial charge in [0.05, 0.1) is 30.8 Å². The number of piperidine rings is 1. The molecule has 5 heteroatoms. The highest BCUT2D eigenvalue weighted by molar-refractivity contribution is 5.71. The molecule has 1 fully saturated rings. The fourth-order valence-electron chi connectivity index (χ4n) is 4.95. The van der Waals surface area contributed by atoms with Gasteiger partial charge in [0, 0.05) is 23.7 Å². The molecule has 3 aromatic carbocycles. The predicted octanol–water partition coefficient (Wildman–Crippen LogP) is 6.86. The SMILES string of the molecule is COc1ccc(-c2cc(-c3cccc(OCCCN4CCCCC4C)c3)n(-c3ccccc3)n2)cc1. The summed E-state index contributed by atoms with van der Waals surface area (Å²) in [6.07, 6.45) is 5.04. The van der Waals surface area contributed by atoms with Crippen molar-refractivity contribution in [3.8, 4) is 39.7 Å². The van der Waals surface area contributed by atoms with Gasteiger partial charge in [0.2, 0.25) is 0 Å². The van der Waals surface area contributed by atoms with Crippen molar-refractivity contribution >= 4 is 0 Å². The van der Waals surface area contributed by atoms with Crippen molar-refractivity contribution in [2.24, 2.45) is 0 Å². The van der Waals surface area contributed by atoms with E-state index in [1.807, 2.05) is 53.2 Å². The molecule has 186 valence electrons. The van der Waals surface area contributed by atoms with Crippen molar-refractivity contribution in [2.45, 2.75) is 38.6 Å². The minimum Gasteiger partial charge on any atom is -0.497 e. The topological polar surface area (TPSA) is 39.5 Å². The number of methoxy groups -OCH3 is 1. The molecule has 0 bridgehead atoms. The summed E-state index contributed by atoms with van der Waals surface area (Å²) in [4.78, 5) is 2.60. The Morgan fingerprint density at radius 3 is 2.47 bits per heavy atom. The number of nitrogens with zero attached hydrogens (tertiary/aromatic N) is 3. The van der Waals surface area contributed by atoms with Crippen LogP contribution in [0.15, 0.2) is 84.9 Å². The zero-order valence-corrected chi connectivity index (χ0v) is 21.3. The van der Waals surface area contributed by atoms with Crippen LogP contribution in [0.2, 0.25) is 0 Å². The Kier molecular flexibility index (Phi) is 7.67. The summed E-state index contributed by atoms with van der Waals surface area (Å²) in [6, 6.07) is 29.5. The van der Waals surface area contributed by atoms with Gasteiger partial charge in [-0.05, 0) is 87.3 Å². The molecular formula is C31H35N3O2. The molecule has 1 atom stereocenters. The van der Waals surface area contributed by atoms with Crippen molar-refractivity contribution in [3.05, 3.63) is 84.9 Å². The smallest absolute Gasteiger partial charge is 0.119 e. The van der Waals surface area contributed by atoms with E-state index in [-0.39, 0.29) is 0 Å². The van der Waals surface area contributed by atoms with Gasteiger partial charge in [-0.3, -0.25) is 0 Å². The van der Waals surface area contributed by atoms with Crippen LogP contribution in [-0.2, 0) is 0 Å². The summed E-state index contributed by atoms with van der Waals surface area (Å²) in [7, 11) is 1.68. The maximum Gasteiger partial charge on any atom is 0.119 e. The molecule has 0 saturated carbocycles. The Morgan fingerprint density at radius 2 is 1.69 bits per heavy atom. The predicted molar refractivity (Wildman–Crippen MR) is 146 cm³/mol. The lowest BCUT2D eigenvalue weighted by molar-refractivity contribution is 0.148. The summed E-state index contributed by atoms with van der Waals surface area (Å²) in [5.74, 6) is 1.73. The van der Waals surface area contributed by atoms with Crippen molar-refractivity contribution in [2.75, 3.05) is 26.8 Å². The van der Waals surface area contributed by atoms with Crippen LogP contribution in [0.4, 0.5) is 0 Å². The molecule has 0 N–H and O–H groups in total. The van der Waals surface area contributed by atoms with E-state index in [9.17, 15) is 0 Å². The lowest BCUT2D eigenvalue weighted by atomic mass is 10.0. The normalized spacial score (nSPS) is 16.1. The van der Waals surface area contributed by atoms with Gasteiger partial charge in [0.15, 0.2) is 0 Å². The van der Waals surface area contributed by atoms with Gasteiger partial charge >= 0.3 is 0 Å². The number of para-hydroxylation sites is 1. The van der Waals surface area contributed by atoms with Crippen molar-refractivity contribution < 1.29 is 9.47 Å². The molecule has 1 unspecified atom stereocenters. The van der Waals surface area contributed by atoms with E-state index in [1.54, 1.807) is 7.11 Å². The van der Waals surface area contributed by atoms with E-state index in [4.69, 9.17) is 14.6 Å². The monoisotopic (exact) mass is 481 g/mol. The van der Waals surface area contributed by atoms with Crippen LogP contribution in [0.5, 0.6) is 11.5 Å². The van der Waals surface area contributed by atoms with Crippen LogP contribution in [0.25, 0.3) is 28.2 Å². The zero-order chi connectivity index (χ0) is 24.7. The Balaban J connectivity index is 1.36. The van der Waals surface area contributed by atoms with E-state index in [1.165, 1.54) is 25.8 Å². The lowest BCUT2D eigenvalue weighted by Crippen LogP contribution is -2.38. The summed E-state index contributed by atoms with van der Waals surface area (Å²) < 4.78 is 13.5. The van der Waals surface area contributed by atoms with Crippen LogP contribution in [-0.4, -0.2) is 47.5 Å². The molecule has 1 aromatic heterocycles. The summed E-state index contributed by atoms with van der Waals surface area (Å²) in [6.45, 7) is 5.39. The van der Waals surface area contributed by atoms with Gasteiger partial charge in [-0.25, -0.2) is 4.68 Å². The number of likely N-dealkylation sites (tertiary alicyclic amines) is 1. The van der Waals surface area contributed by atoms with E-state index in [2.05, 4.69) is 48.2 Å². The fraction of sp³-hybridized carbons (Fsp3) is 0.323. The van der Waals surface area contributed by atoms with Gasteiger partial charge in [0.25, 0.3) is 0 Å². The van der Waals surface area contributed by atoms with E-state index < -0.39 is 0 Å². The first-order valence-corrected chi connectivity index (χ1v) is 13.0. The number of rotatable bonds is 9. The van der Waals surface area contributed by atoms with Crippen LogP contribution >= 0.6 is 0 Å². The first-order chi connectivity index (χ1) is 17.7. The molecule has 36 heavy (non-hydrogen) atoms. The third-order valence-electron chi connectivity index (χ3n) is 7.02. The second-order valence-corrected chi connectivity index (χ2v) is 9.50. The molecule has 2 heterocycles. The first kappa shape index (κ1) is 24.1. The molecule has 1 aliphatic rings. The molecule has 5 nitrogen and oxygen atoms in total. The number of benzene rings is 3. The molecule has 5 rings (SSSR count). The highest BCUT2D eigenvalue weighted by Gasteiger charge is 2.17. The minimum atomic E-state index is 0.695. The molecule has 1 aliphatic heterocycles. The summed E-state index contributed by atoms with van der Waals surface area (Å²) >= 11 is 0. The Morgan fingerprint density at radius 1 is 0.861 bits per heavy atom. The standard InChI is InChI=1S/C31H35N3O2/c1-24-10-6-7-19-33(24)20-9-21-36-29-14-8-11-26(22-29)31-23-30(25-15-17-28(35-2)18-16-25)32-34(31)27-12-4-3-5-13-27/h3-5,8,11-18,22-24H,6-7,9-10,19-21H2,1-2H3. The lowest BCUT2D eigenvalue weighted by Gasteiger charge is -2.33. The largest absolute Gasteiger partial charge is 0.497 e. The molecule has 0 amide bonds. The minimum absolute atomic E-state index is 0.695. The van der Waals surface area contributed by atoms with E-state index in [0.717, 1.165) is 59.3 Å². The maximum atomic E-state index is 6.19. The fourth-order valence-corrected chi connectivity index (χ4v) is 4.95. The van der Waals surface area contributed by atoms with E-state index in [0.29, 0.717) is 6.04 Å². The van der Waals surface area contributed by atoms with Crippen LogP contribution < -0.4 is 9.47 Å². The summed E-state index contributed by atoms with van der Waals surface area (Å²) in [5.41, 5.74) is 5.09. The highest BCUT2D eigenvalue weighted by Crippen LogP contribution is 2.31. The van der Waals surface area contributed by atoms with Crippen molar-refractivity contribution in [1.29, 1.82) is 0 Å². The molecule has 4 aromatic rings. The second kappa shape index (κ2) is 11.4. The Bertz CT molecular complexity index is 1250. The third-order valence-corrected chi connectivity index (χ3v) is 7.02. The molecule has 0 aliphatic carbocycles. The van der Waals surface area contributed by atoms with Gasteiger partial charge in [-0.1, -0.05) is 36.8 Å². The van der Waals surface area contributed by atoms with Crippen LogP contribution in [0.3, 0.4) is 0 Å². The number of hydrogen-bond donors (Lipinski definition) is 0. The first-order valence-electron chi connectivity index (χ1n) is 13.0. The van der Waals surface area contributed by atoms with Gasteiger partial charge in [-0.2, -0.15) is 5.10 Å².